The summed E-state index contributed by atoms with van der Waals surface area (Å²) in [4.78, 5) is 3.68. The largest absolute Gasteiger partial charge is 0.370 e. The van der Waals surface area contributed by atoms with E-state index in [9.17, 15) is 0 Å². The Labute approximate surface area is 61.4 Å². The van der Waals surface area contributed by atoms with Crippen molar-refractivity contribution in [2.45, 2.75) is 13.8 Å². The summed E-state index contributed by atoms with van der Waals surface area (Å²) in [5, 5.41) is 10.1. The van der Waals surface area contributed by atoms with Crippen LogP contribution in [0.3, 0.4) is 0 Å². The van der Waals surface area contributed by atoms with E-state index in [1.54, 1.807) is 13.0 Å². The molecule has 0 saturated carbocycles. The Morgan fingerprint density at radius 2 is 2.40 bits per heavy atom. The molecule has 0 fully saturated rings. The Morgan fingerprint density at radius 3 is 2.70 bits per heavy atom. The molecule has 0 bridgehead atoms. The summed E-state index contributed by atoms with van der Waals surface area (Å²) in [6, 6.07) is 0. The third kappa shape index (κ3) is 3.83. The number of hydrogen-bond acceptors (Lipinski definition) is 3. The zero-order chi connectivity index (χ0) is 7.98. The van der Waals surface area contributed by atoms with E-state index in [4.69, 9.17) is 5.41 Å². The van der Waals surface area contributed by atoms with Gasteiger partial charge in [0.25, 0.3) is 0 Å². The highest BCUT2D eigenvalue weighted by Gasteiger charge is 1.87. The van der Waals surface area contributed by atoms with E-state index >= 15 is 0 Å². The Hall–Kier alpha value is -1.12. The van der Waals surface area contributed by atoms with Gasteiger partial charge in [-0.05, 0) is 20.6 Å². The zero-order valence-electron chi connectivity index (χ0n) is 6.44. The molecule has 0 atom stereocenters. The SMILES string of the molecule is C=N/C(=C\C(C)=N)NCC. The minimum absolute atomic E-state index is 0.475. The van der Waals surface area contributed by atoms with E-state index in [1.807, 2.05) is 6.92 Å². The molecule has 3 nitrogen and oxygen atoms in total. The van der Waals surface area contributed by atoms with Crippen molar-refractivity contribution in [1.82, 2.24) is 5.32 Å². The van der Waals surface area contributed by atoms with Crippen LogP contribution in [0.5, 0.6) is 0 Å². The second-order valence-corrected chi connectivity index (χ2v) is 1.90. The minimum atomic E-state index is 0.475. The van der Waals surface area contributed by atoms with Crippen LogP contribution < -0.4 is 5.32 Å². The fourth-order valence-corrected chi connectivity index (χ4v) is 0.539. The molecule has 0 aromatic rings. The Kier molecular flexibility index (Phi) is 4.20. The first-order chi connectivity index (χ1) is 4.70. The van der Waals surface area contributed by atoms with Gasteiger partial charge in [-0.1, -0.05) is 0 Å². The normalized spacial score (nSPS) is 10.8. The van der Waals surface area contributed by atoms with Gasteiger partial charge in [-0.15, -0.1) is 0 Å². The zero-order valence-corrected chi connectivity index (χ0v) is 6.44. The van der Waals surface area contributed by atoms with Gasteiger partial charge in [-0.3, -0.25) is 0 Å². The first-order valence-corrected chi connectivity index (χ1v) is 3.18. The van der Waals surface area contributed by atoms with Gasteiger partial charge >= 0.3 is 0 Å². The smallest absolute Gasteiger partial charge is 0.126 e. The highest BCUT2D eigenvalue weighted by Crippen LogP contribution is 1.88. The maximum atomic E-state index is 7.10. The third-order valence-electron chi connectivity index (χ3n) is 0.881. The number of nitrogens with zero attached hydrogens (tertiary/aromatic N) is 1. The van der Waals surface area contributed by atoms with E-state index < -0.39 is 0 Å². The van der Waals surface area contributed by atoms with E-state index in [2.05, 4.69) is 17.0 Å². The van der Waals surface area contributed by atoms with Gasteiger partial charge in [0, 0.05) is 18.3 Å². The van der Waals surface area contributed by atoms with Crippen LogP contribution >= 0.6 is 0 Å². The average molecular weight is 139 g/mol. The maximum absolute atomic E-state index is 7.10. The van der Waals surface area contributed by atoms with Crippen molar-refractivity contribution in [1.29, 1.82) is 5.41 Å². The van der Waals surface area contributed by atoms with Crippen molar-refractivity contribution in [3.05, 3.63) is 11.9 Å². The summed E-state index contributed by atoms with van der Waals surface area (Å²) in [5.74, 6) is 0.662. The van der Waals surface area contributed by atoms with Crippen molar-refractivity contribution in [3.63, 3.8) is 0 Å². The van der Waals surface area contributed by atoms with Gasteiger partial charge in [0.05, 0.1) is 0 Å². The quantitative estimate of drug-likeness (QED) is 0.564. The third-order valence-corrected chi connectivity index (χ3v) is 0.881. The van der Waals surface area contributed by atoms with Crippen LogP contribution in [0.25, 0.3) is 0 Å². The predicted molar refractivity (Wildman–Crippen MR) is 44.7 cm³/mol. The molecule has 0 unspecified atom stereocenters. The Balaban J connectivity index is 4.03. The highest BCUT2D eigenvalue weighted by molar-refractivity contribution is 5.90. The molecule has 56 valence electrons. The number of hydrogen-bond donors (Lipinski definition) is 2. The molecule has 0 spiro atoms. The number of nitrogens with one attached hydrogen (secondary N) is 2. The molecule has 10 heavy (non-hydrogen) atoms. The average Bonchev–Trinajstić information content (AvgIpc) is 1.86. The summed E-state index contributed by atoms with van der Waals surface area (Å²) in [5.41, 5.74) is 0.475. The van der Waals surface area contributed by atoms with Crippen LogP contribution in [0.1, 0.15) is 13.8 Å². The van der Waals surface area contributed by atoms with Crippen LogP contribution in [0, 0.1) is 5.41 Å². The lowest BCUT2D eigenvalue weighted by molar-refractivity contribution is 0.845. The molecule has 3 heteroatoms. The van der Waals surface area contributed by atoms with Gasteiger partial charge in [-0.25, -0.2) is 4.99 Å². The lowest BCUT2D eigenvalue weighted by atomic mass is 10.4. The van der Waals surface area contributed by atoms with Gasteiger partial charge < -0.3 is 10.7 Å². The molecular weight excluding hydrogens is 126 g/mol. The van der Waals surface area contributed by atoms with Crippen LogP contribution in [0.15, 0.2) is 16.9 Å². The van der Waals surface area contributed by atoms with Crippen molar-refractivity contribution >= 4 is 12.4 Å². The van der Waals surface area contributed by atoms with Crippen LogP contribution in [-0.2, 0) is 0 Å². The lowest BCUT2D eigenvalue weighted by Crippen LogP contribution is -2.11. The van der Waals surface area contributed by atoms with Crippen molar-refractivity contribution in [2.75, 3.05) is 6.54 Å². The van der Waals surface area contributed by atoms with Crippen molar-refractivity contribution in [3.8, 4) is 0 Å². The number of allylic oxidation sites excluding steroid dienone is 1. The molecule has 0 radical (unpaired) electrons. The van der Waals surface area contributed by atoms with Gasteiger partial charge in [0.2, 0.25) is 0 Å². The molecule has 0 aliphatic carbocycles. The summed E-state index contributed by atoms with van der Waals surface area (Å²) in [6.07, 6.45) is 1.64. The summed E-state index contributed by atoms with van der Waals surface area (Å²) >= 11 is 0. The van der Waals surface area contributed by atoms with Gasteiger partial charge in [0.15, 0.2) is 0 Å². The molecule has 0 amide bonds. The topological polar surface area (TPSA) is 48.2 Å². The standard InChI is InChI=1S/C7H13N3/c1-4-10-7(9-3)5-6(2)8/h5,8,10H,3-4H2,1-2H3/b7-5+,8-6?. The monoisotopic (exact) mass is 139 g/mol. The molecular formula is C7H13N3. The summed E-state index contributed by atoms with van der Waals surface area (Å²) in [6.45, 7) is 7.83. The summed E-state index contributed by atoms with van der Waals surface area (Å²) in [7, 11) is 0. The minimum Gasteiger partial charge on any atom is -0.370 e. The lowest BCUT2D eigenvalue weighted by Gasteiger charge is -2.00. The fraction of sp³-hybridized carbons (Fsp3) is 0.429. The highest BCUT2D eigenvalue weighted by atomic mass is 15.0. The second kappa shape index (κ2) is 4.73. The van der Waals surface area contributed by atoms with Crippen LogP contribution in [-0.4, -0.2) is 19.0 Å². The number of rotatable bonds is 4. The van der Waals surface area contributed by atoms with E-state index in [-0.39, 0.29) is 0 Å². The molecule has 2 N–H and O–H groups in total. The summed E-state index contributed by atoms with van der Waals surface area (Å²) < 4.78 is 0. The van der Waals surface area contributed by atoms with Gasteiger partial charge in [-0.2, -0.15) is 0 Å². The maximum Gasteiger partial charge on any atom is 0.126 e. The van der Waals surface area contributed by atoms with E-state index in [1.165, 1.54) is 0 Å². The first-order valence-electron chi connectivity index (χ1n) is 3.18. The molecule has 0 saturated heterocycles. The van der Waals surface area contributed by atoms with Crippen molar-refractivity contribution < 1.29 is 0 Å². The molecule has 0 aliphatic heterocycles. The van der Waals surface area contributed by atoms with Gasteiger partial charge in [0.1, 0.15) is 5.82 Å². The molecule has 0 heterocycles. The van der Waals surface area contributed by atoms with E-state index in [0.717, 1.165) is 6.54 Å². The van der Waals surface area contributed by atoms with Crippen molar-refractivity contribution in [2.24, 2.45) is 4.99 Å². The fourth-order valence-electron chi connectivity index (χ4n) is 0.539. The predicted octanol–water partition coefficient (Wildman–Crippen LogP) is 1.18. The van der Waals surface area contributed by atoms with E-state index in [0.29, 0.717) is 11.5 Å². The second-order valence-electron chi connectivity index (χ2n) is 1.90. The van der Waals surface area contributed by atoms with Crippen LogP contribution in [0.4, 0.5) is 0 Å². The molecule has 0 rings (SSSR count). The molecule has 0 aliphatic rings. The molecule has 0 aromatic heterocycles. The Bertz CT molecular complexity index is 158. The molecule has 0 aromatic carbocycles. The first kappa shape index (κ1) is 8.88. The Morgan fingerprint density at radius 1 is 1.80 bits per heavy atom. The number of aliphatic imine (C=N–C) groups is 1. The van der Waals surface area contributed by atoms with Crippen LogP contribution in [0.2, 0.25) is 0 Å².